The molecule has 2 N–H and O–H groups in total. The second-order valence-electron chi connectivity index (χ2n) is 5.02. The van der Waals surface area contributed by atoms with Gasteiger partial charge in [0.2, 0.25) is 5.91 Å². The third kappa shape index (κ3) is 3.48. The van der Waals surface area contributed by atoms with E-state index in [0.29, 0.717) is 5.56 Å². The van der Waals surface area contributed by atoms with Gasteiger partial charge in [-0.1, -0.05) is 48.5 Å². The number of primary amides is 1. The number of rotatable bonds is 6. The first kappa shape index (κ1) is 15.7. The van der Waals surface area contributed by atoms with Crippen LogP contribution in [-0.4, -0.2) is 22.8 Å². The van der Waals surface area contributed by atoms with Crippen LogP contribution in [0.15, 0.2) is 54.6 Å². The number of likely N-dealkylation sites (N-methyl/N-ethyl adjacent to an activating group) is 1. The second-order valence-corrected chi connectivity index (χ2v) is 5.02. The first-order valence-electron chi connectivity index (χ1n) is 6.77. The lowest BCUT2D eigenvalue weighted by Crippen LogP contribution is -2.35. The summed E-state index contributed by atoms with van der Waals surface area (Å²) in [6.07, 6.45) is 0. The Morgan fingerprint density at radius 1 is 1.18 bits per heavy atom. The van der Waals surface area contributed by atoms with Crippen molar-refractivity contribution < 1.29 is 9.72 Å². The molecule has 0 radical (unpaired) electrons. The van der Waals surface area contributed by atoms with Crippen molar-refractivity contribution in [3.63, 3.8) is 0 Å². The molecule has 1 atom stereocenters. The van der Waals surface area contributed by atoms with Gasteiger partial charge in [-0.05, 0) is 12.6 Å². The van der Waals surface area contributed by atoms with Crippen molar-refractivity contribution in [1.29, 1.82) is 0 Å². The fourth-order valence-electron chi connectivity index (χ4n) is 2.45. The molecule has 0 aliphatic heterocycles. The Morgan fingerprint density at radius 3 is 2.36 bits per heavy atom. The fourth-order valence-corrected chi connectivity index (χ4v) is 2.45. The monoisotopic (exact) mass is 299 g/mol. The number of nitrogens with zero attached hydrogens (tertiary/aromatic N) is 2. The minimum atomic E-state index is -0.638. The predicted octanol–water partition coefficient (Wildman–Crippen LogP) is 2.25. The average Bonchev–Trinajstić information content (AvgIpc) is 2.48. The lowest BCUT2D eigenvalue weighted by atomic mass is 10.0. The van der Waals surface area contributed by atoms with Crippen molar-refractivity contribution >= 4 is 11.6 Å². The smallest absolute Gasteiger partial charge is 0.273 e. The van der Waals surface area contributed by atoms with E-state index >= 15 is 0 Å². The lowest BCUT2D eigenvalue weighted by molar-refractivity contribution is -0.385. The van der Waals surface area contributed by atoms with Gasteiger partial charge in [0.05, 0.1) is 4.92 Å². The summed E-state index contributed by atoms with van der Waals surface area (Å²) in [4.78, 5) is 24.2. The Morgan fingerprint density at radius 2 is 1.77 bits per heavy atom. The topological polar surface area (TPSA) is 89.5 Å². The number of nitro benzene ring substituents is 1. The molecule has 0 spiro atoms. The largest absolute Gasteiger partial charge is 0.368 e. The van der Waals surface area contributed by atoms with Crippen molar-refractivity contribution in [3.05, 3.63) is 75.8 Å². The molecule has 0 bridgehead atoms. The highest BCUT2D eigenvalue weighted by Crippen LogP contribution is 2.24. The van der Waals surface area contributed by atoms with E-state index in [9.17, 15) is 14.9 Å². The van der Waals surface area contributed by atoms with Crippen molar-refractivity contribution in [2.45, 2.75) is 12.6 Å². The molecule has 0 aromatic heterocycles. The molecule has 0 aliphatic carbocycles. The van der Waals surface area contributed by atoms with E-state index in [2.05, 4.69) is 0 Å². The minimum absolute atomic E-state index is 0.0330. The van der Waals surface area contributed by atoms with Crippen LogP contribution in [0.3, 0.4) is 0 Å². The molecule has 22 heavy (non-hydrogen) atoms. The zero-order valence-corrected chi connectivity index (χ0v) is 12.2. The third-order valence-corrected chi connectivity index (χ3v) is 3.43. The van der Waals surface area contributed by atoms with Gasteiger partial charge < -0.3 is 5.73 Å². The maximum absolute atomic E-state index is 11.8. The van der Waals surface area contributed by atoms with Crippen LogP contribution in [0.2, 0.25) is 0 Å². The summed E-state index contributed by atoms with van der Waals surface area (Å²) in [7, 11) is 1.72. The molecule has 0 fully saturated rings. The highest BCUT2D eigenvalue weighted by Gasteiger charge is 2.24. The zero-order chi connectivity index (χ0) is 16.1. The molecule has 6 nitrogen and oxygen atoms in total. The molecule has 0 saturated heterocycles. The van der Waals surface area contributed by atoms with Gasteiger partial charge in [0.15, 0.2) is 0 Å². The summed E-state index contributed by atoms with van der Waals surface area (Å²) >= 11 is 0. The standard InChI is InChI=1S/C16H17N3O3/c1-18(11-13-9-5-6-10-14(13)19(21)22)15(16(17)20)12-7-3-2-4-8-12/h2-10,15H,11H2,1H3,(H2,17,20). The highest BCUT2D eigenvalue weighted by atomic mass is 16.6. The van der Waals surface area contributed by atoms with Crippen LogP contribution < -0.4 is 5.73 Å². The van der Waals surface area contributed by atoms with Crippen LogP contribution in [0.25, 0.3) is 0 Å². The normalized spacial score (nSPS) is 12.1. The van der Waals surface area contributed by atoms with Crippen molar-refractivity contribution in [2.75, 3.05) is 7.05 Å². The van der Waals surface area contributed by atoms with Crippen LogP contribution in [0, 0.1) is 10.1 Å². The van der Waals surface area contributed by atoms with Crippen LogP contribution in [-0.2, 0) is 11.3 Å². The summed E-state index contributed by atoms with van der Waals surface area (Å²) in [6, 6.07) is 15.0. The first-order chi connectivity index (χ1) is 10.5. The van der Waals surface area contributed by atoms with Gasteiger partial charge in [-0.25, -0.2) is 0 Å². The molecule has 2 rings (SSSR count). The molecule has 1 amide bonds. The summed E-state index contributed by atoms with van der Waals surface area (Å²) in [5.74, 6) is -0.493. The maximum Gasteiger partial charge on any atom is 0.273 e. The number of para-hydroxylation sites is 1. The number of carbonyl (C=O) groups excluding carboxylic acids is 1. The molecule has 0 saturated carbocycles. The minimum Gasteiger partial charge on any atom is -0.368 e. The molecule has 114 valence electrons. The van der Waals surface area contributed by atoms with Gasteiger partial charge in [-0.3, -0.25) is 19.8 Å². The second kappa shape index (κ2) is 6.82. The predicted molar refractivity (Wildman–Crippen MR) is 82.9 cm³/mol. The fraction of sp³-hybridized carbons (Fsp3) is 0.188. The van der Waals surface area contributed by atoms with E-state index in [1.807, 2.05) is 30.3 Å². The Bertz CT molecular complexity index is 673. The van der Waals surface area contributed by atoms with Gasteiger partial charge in [-0.2, -0.15) is 0 Å². The number of amides is 1. The number of hydrogen-bond acceptors (Lipinski definition) is 4. The zero-order valence-electron chi connectivity index (χ0n) is 12.2. The SMILES string of the molecule is CN(Cc1ccccc1[N+](=O)[O-])C(C(N)=O)c1ccccc1. The third-order valence-electron chi connectivity index (χ3n) is 3.43. The number of nitrogens with two attached hydrogens (primary N) is 1. The molecule has 1 unspecified atom stereocenters. The van der Waals surface area contributed by atoms with E-state index in [1.54, 1.807) is 30.1 Å². The number of carbonyl (C=O) groups is 1. The molecular formula is C16H17N3O3. The highest BCUT2D eigenvalue weighted by molar-refractivity contribution is 5.81. The molecule has 0 heterocycles. The van der Waals surface area contributed by atoms with E-state index in [0.717, 1.165) is 5.56 Å². The summed E-state index contributed by atoms with van der Waals surface area (Å²) in [5.41, 5.74) is 6.84. The summed E-state index contributed by atoms with van der Waals surface area (Å²) < 4.78 is 0. The van der Waals surface area contributed by atoms with Gasteiger partial charge in [0, 0.05) is 18.2 Å². The van der Waals surface area contributed by atoms with Gasteiger partial charge >= 0.3 is 0 Å². The molecule has 6 heteroatoms. The summed E-state index contributed by atoms with van der Waals surface area (Å²) in [5, 5.41) is 11.1. The Hall–Kier alpha value is -2.73. The quantitative estimate of drug-likeness (QED) is 0.654. The number of benzene rings is 2. The molecule has 2 aromatic carbocycles. The number of nitro groups is 1. The van der Waals surface area contributed by atoms with Crippen molar-refractivity contribution in [2.24, 2.45) is 5.73 Å². The Balaban J connectivity index is 2.28. The van der Waals surface area contributed by atoms with Crippen molar-refractivity contribution in [1.82, 2.24) is 4.90 Å². The Labute approximate surface area is 128 Å². The maximum atomic E-state index is 11.8. The average molecular weight is 299 g/mol. The van der Waals surface area contributed by atoms with E-state index < -0.39 is 16.9 Å². The van der Waals surface area contributed by atoms with Crippen LogP contribution in [0.1, 0.15) is 17.2 Å². The van der Waals surface area contributed by atoms with E-state index in [1.165, 1.54) is 6.07 Å². The van der Waals surface area contributed by atoms with Crippen LogP contribution in [0.4, 0.5) is 5.69 Å². The van der Waals surface area contributed by atoms with Crippen LogP contribution in [0.5, 0.6) is 0 Å². The van der Waals surface area contributed by atoms with Crippen LogP contribution >= 0.6 is 0 Å². The lowest BCUT2D eigenvalue weighted by Gasteiger charge is -2.25. The number of hydrogen-bond donors (Lipinski definition) is 1. The van der Waals surface area contributed by atoms with Gasteiger partial charge in [0.1, 0.15) is 6.04 Å². The first-order valence-corrected chi connectivity index (χ1v) is 6.77. The van der Waals surface area contributed by atoms with E-state index in [-0.39, 0.29) is 12.2 Å². The Kier molecular flexibility index (Phi) is 4.85. The van der Waals surface area contributed by atoms with Gasteiger partial charge in [0.25, 0.3) is 5.69 Å². The van der Waals surface area contributed by atoms with Gasteiger partial charge in [-0.15, -0.1) is 0 Å². The summed E-state index contributed by atoms with van der Waals surface area (Å²) in [6.45, 7) is 0.250. The molecule has 0 aliphatic rings. The van der Waals surface area contributed by atoms with Crippen molar-refractivity contribution in [3.8, 4) is 0 Å². The van der Waals surface area contributed by atoms with E-state index in [4.69, 9.17) is 5.73 Å². The molecular weight excluding hydrogens is 282 g/mol. The molecule has 2 aromatic rings.